The van der Waals surface area contributed by atoms with Crippen molar-refractivity contribution in [2.45, 2.75) is 5.16 Å². The molecule has 1 N–H and O–H groups in total. The molecule has 0 radical (unpaired) electrons. The number of aryl methyl sites for hydroxylation is 1. The minimum absolute atomic E-state index is 0.205. The first kappa shape index (κ1) is 17.0. The number of nitrogens with zero attached hydrogens (tertiary/aromatic N) is 4. The van der Waals surface area contributed by atoms with Gasteiger partial charge in [0.1, 0.15) is 12.1 Å². The zero-order chi connectivity index (χ0) is 17.6. The van der Waals surface area contributed by atoms with E-state index in [1.807, 2.05) is 43.4 Å². The number of aromatic nitrogens is 3. The predicted octanol–water partition coefficient (Wildman–Crippen LogP) is 2.22. The predicted molar refractivity (Wildman–Crippen MR) is 98.0 cm³/mol. The van der Waals surface area contributed by atoms with E-state index in [-0.39, 0.29) is 11.7 Å². The number of hydrogen-bond acceptors (Lipinski definition) is 6. The minimum atomic E-state index is -0.219. The van der Waals surface area contributed by atoms with Crippen LogP contribution < -0.4 is 10.2 Å². The number of ether oxygens (including phenoxy) is 1. The van der Waals surface area contributed by atoms with Crippen LogP contribution in [0.3, 0.4) is 0 Å². The minimum Gasteiger partial charge on any atom is -0.496 e. The second-order valence-corrected chi connectivity index (χ2v) is 6.15. The molecule has 3 aromatic rings. The van der Waals surface area contributed by atoms with Gasteiger partial charge in [0.25, 0.3) is 5.91 Å². The molecule has 0 saturated heterocycles. The van der Waals surface area contributed by atoms with E-state index in [1.54, 1.807) is 24.2 Å². The number of nitrogens with one attached hydrogen (secondary N) is 1. The lowest BCUT2D eigenvalue weighted by Crippen LogP contribution is -2.20. The summed E-state index contributed by atoms with van der Waals surface area (Å²) >= 11 is 1.30. The first-order valence-electron chi connectivity index (χ1n) is 7.53. The highest BCUT2D eigenvalue weighted by atomic mass is 32.2. The van der Waals surface area contributed by atoms with Crippen LogP contribution in [0, 0.1) is 0 Å². The maximum Gasteiger partial charge on any atom is 0.250 e. The van der Waals surface area contributed by atoms with Gasteiger partial charge in [-0.1, -0.05) is 42.1 Å². The van der Waals surface area contributed by atoms with Crippen molar-refractivity contribution in [3.8, 4) is 5.75 Å². The Morgan fingerprint density at radius 1 is 1.36 bits per heavy atom. The van der Waals surface area contributed by atoms with Gasteiger partial charge in [-0.25, -0.2) is 5.43 Å². The smallest absolute Gasteiger partial charge is 0.250 e. The number of carbonyl (C=O) groups excluding carboxylic acids is 1. The molecule has 0 aliphatic rings. The summed E-state index contributed by atoms with van der Waals surface area (Å²) in [4.78, 5) is 11.9. The standard InChI is InChI=1S/C17H17N5O2S/c1-22-11-19-21-17(22)25-10-16(23)20-18-9-14-13-6-4-3-5-12(13)7-8-15(14)24-2/h3-9,11H,10H2,1-2H3,(H,20,23). The lowest BCUT2D eigenvalue weighted by atomic mass is 10.0. The molecule has 0 atom stereocenters. The van der Waals surface area contributed by atoms with E-state index in [1.165, 1.54) is 11.8 Å². The van der Waals surface area contributed by atoms with Crippen molar-refractivity contribution in [1.82, 2.24) is 20.2 Å². The van der Waals surface area contributed by atoms with Crippen LogP contribution in [-0.4, -0.2) is 39.7 Å². The summed E-state index contributed by atoms with van der Waals surface area (Å²) in [7, 11) is 3.43. The van der Waals surface area contributed by atoms with Gasteiger partial charge in [0.05, 0.1) is 19.1 Å². The number of fused-ring (bicyclic) bond motifs is 1. The molecule has 25 heavy (non-hydrogen) atoms. The van der Waals surface area contributed by atoms with Crippen molar-refractivity contribution in [3.05, 3.63) is 48.3 Å². The summed E-state index contributed by atoms with van der Waals surface area (Å²) in [6, 6.07) is 11.8. The first-order chi connectivity index (χ1) is 12.2. The largest absolute Gasteiger partial charge is 0.496 e. The molecule has 3 rings (SSSR count). The highest BCUT2D eigenvalue weighted by Gasteiger charge is 2.08. The quantitative estimate of drug-likeness (QED) is 0.416. The summed E-state index contributed by atoms with van der Waals surface area (Å²) in [5.74, 6) is 0.685. The molecular weight excluding hydrogens is 338 g/mol. The summed E-state index contributed by atoms with van der Waals surface area (Å²) in [5.41, 5.74) is 3.35. The summed E-state index contributed by atoms with van der Waals surface area (Å²) in [5, 5.41) is 14.5. The molecule has 2 aromatic carbocycles. The van der Waals surface area contributed by atoms with E-state index in [0.29, 0.717) is 10.9 Å². The van der Waals surface area contributed by atoms with Gasteiger partial charge in [-0.3, -0.25) is 4.79 Å². The Kier molecular flexibility index (Phi) is 5.30. The van der Waals surface area contributed by atoms with Crippen molar-refractivity contribution in [1.29, 1.82) is 0 Å². The van der Waals surface area contributed by atoms with Gasteiger partial charge in [-0.05, 0) is 16.8 Å². The van der Waals surface area contributed by atoms with Crippen molar-refractivity contribution in [3.63, 3.8) is 0 Å². The second-order valence-electron chi connectivity index (χ2n) is 5.21. The third-order valence-corrected chi connectivity index (χ3v) is 4.57. The van der Waals surface area contributed by atoms with E-state index < -0.39 is 0 Å². The Bertz CT molecular complexity index is 922. The van der Waals surface area contributed by atoms with Gasteiger partial charge in [0, 0.05) is 12.6 Å². The molecule has 128 valence electrons. The molecule has 0 fully saturated rings. The van der Waals surface area contributed by atoms with Crippen LogP contribution in [0.15, 0.2) is 53.0 Å². The fraction of sp³-hybridized carbons (Fsp3) is 0.176. The molecule has 1 amide bonds. The number of amides is 1. The number of thioether (sulfide) groups is 1. The lowest BCUT2D eigenvalue weighted by molar-refractivity contribution is -0.118. The SMILES string of the molecule is COc1ccc2ccccc2c1C=NNC(=O)CSc1nncn1C. The fourth-order valence-electron chi connectivity index (χ4n) is 2.32. The highest BCUT2D eigenvalue weighted by molar-refractivity contribution is 7.99. The second kappa shape index (κ2) is 7.80. The zero-order valence-corrected chi connectivity index (χ0v) is 14.7. The molecule has 0 aliphatic carbocycles. The van der Waals surface area contributed by atoms with Crippen LogP contribution in [0.2, 0.25) is 0 Å². The summed E-state index contributed by atoms with van der Waals surface area (Å²) in [6.45, 7) is 0. The maximum atomic E-state index is 11.9. The van der Waals surface area contributed by atoms with Crippen molar-refractivity contribution in [2.75, 3.05) is 12.9 Å². The molecule has 0 spiro atoms. The first-order valence-corrected chi connectivity index (χ1v) is 8.52. The van der Waals surface area contributed by atoms with Crippen LogP contribution in [0.5, 0.6) is 5.75 Å². The molecule has 1 heterocycles. The summed E-state index contributed by atoms with van der Waals surface area (Å²) < 4.78 is 7.15. The van der Waals surface area contributed by atoms with Gasteiger partial charge in [0.2, 0.25) is 0 Å². The summed E-state index contributed by atoms with van der Waals surface area (Å²) in [6.07, 6.45) is 3.19. The number of hydrogen-bond donors (Lipinski definition) is 1. The van der Waals surface area contributed by atoms with Crippen LogP contribution in [0.4, 0.5) is 0 Å². The van der Waals surface area contributed by atoms with Gasteiger partial charge >= 0.3 is 0 Å². The molecule has 0 saturated carbocycles. The molecule has 0 unspecified atom stereocenters. The van der Waals surface area contributed by atoms with Gasteiger partial charge in [0.15, 0.2) is 5.16 Å². The number of rotatable bonds is 6. The van der Waals surface area contributed by atoms with Crippen LogP contribution in [-0.2, 0) is 11.8 Å². The van der Waals surface area contributed by atoms with Gasteiger partial charge in [-0.2, -0.15) is 5.10 Å². The Balaban J connectivity index is 1.68. The zero-order valence-electron chi connectivity index (χ0n) is 13.8. The Hall–Kier alpha value is -2.87. The topological polar surface area (TPSA) is 81.4 Å². The highest BCUT2D eigenvalue weighted by Crippen LogP contribution is 2.26. The maximum absolute atomic E-state index is 11.9. The Morgan fingerprint density at radius 2 is 2.20 bits per heavy atom. The molecule has 1 aromatic heterocycles. The number of benzene rings is 2. The third-order valence-electron chi connectivity index (χ3n) is 3.54. The van der Waals surface area contributed by atoms with Crippen molar-refractivity contribution in [2.24, 2.45) is 12.1 Å². The normalized spacial score (nSPS) is 11.1. The number of carbonyl (C=O) groups is 1. The Labute approximate surface area is 149 Å². The van der Waals surface area contributed by atoms with Crippen LogP contribution in [0.25, 0.3) is 10.8 Å². The molecule has 7 nitrogen and oxygen atoms in total. The third kappa shape index (κ3) is 3.97. The molecule has 0 bridgehead atoms. The molecular formula is C17H17N5O2S. The van der Waals surface area contributed by atoms with Crippen LogP contribution >= 0.6 is 11.8 Å². The van der Waals surface area contributed by atoms with E-state index in [9.17, 15) is 4.79 Å². The van der Waals surface area contributed by atoms with Crippen LogP contribution in [0.1, 0.15) is 5.56 Å². The van der Waals surface area contributed by atoms with E-state index in [4.69, 9.17) is 4.74 Å². The molecule has 0 aliphatic heterocycles. The average molecular weight is 355 g/mol. The van der Waals surface area contributed by atoms with E-state index in [2.05, 4.69) is 20.7 Å². The monoisotopic (exact) mass is 355 g/mol. The van der Waals surface area contributed by atoms with Gasteiger partial charge in [-0.15, -0.1) is 10.2 Å². The van der Waals surface area contributed by atoms with E-state index >= 15 is 0 Å². The molecule has 8 heteroatoms. The average Bonchev–Trinajstić information content (AvgIpc) is 3.05. The lowest BCUT2D eigenvalue weighted by Gasteiger charge is -2.08. The van der Waals surface area contributed by atoms with Crippen molar-refractivity contribution >= 4 is 34.7 Å². The number of methoxy groups -OCH3 is 1. The van der Waals surface area contributed by atoms with E-state index in [0.717, 1.165) is 16.3 Å². The number of hydrazone groups is 1. The fourth-order valence-corrected chi connectivity index (χ4v) is 3.00. The van der Waals surface area contributed by atoms with Gasteiger partial charge < -0.3 is 9.30 Å². The Morgan fingerprint density at radius 3 is 2.96 bits per heavy atom. The van der Waals surface area contributed by atoms with Crippen molar-refractivity contribution < 1.29 is 9.53 Å².